The first-order chi connectivity index (χ1) is 9.38. The Bertz CT molecular complexity index is 480. The topological polar surface area (TPSA) is 57.3 Å². The maximum Gasteiger partial charge on any atom is 0.239 e. The molecule has 0 aliphatic heterocycles. The van der Waals surface area contributed by atoms with E-state index < -0.39 is 0 Å². The number of halogens is 2. The molecule has 1 rings (SSSR count). The Balaban J connectivity index is 2.97. The largest absolute Gasteiger partial charge is 0.372 e. The van der Waals surface area contributed by atoms with Crippen LogP contribution in [0.5, 0.6) is 0 Å². The fraction of sp³-hybridized carbons (Fsp3) is 0.538. The van der Waals surface area contributed by atoms with Gasteiger partial charge in [0.15, 0.2) is 0 Å². The van der Waals surface area contributed by atoms with Gasteiger partial charge in [0, 0.05) is 19.6 Å². The summed E-state index contributed by atoms with van der Waals surface area (Å²) in [6.45, 7) is 6.59. The van der Waals surface area contributed by atoms with E-state index in [9.17, 15) is 4.79 Å². The van der Waals surface area contributed by atoms with Crippen LogP contribution in [0, 0.1) is 0 Å². The molecule has 112 valence electrons. The lowest BCUT2D eigenvalue weighted by atomic mass is 10.3. The van der Waals surface area contributed by atoms with E-state index in [0.29, 0.717) is 28.2 Å². The molecule has 1 aromatic rings. The fourth-order valence-corrected chi connectivity index (χ4v) is 2.30. The van der Waals surface area contributed by atoms with Crippen LogP contribution in [-0.2, 0) is 4.79 Å². The number of nitrogens with one attached hydrogen (secondary N) is 2. The molecule has 0 fully saturated rings. The molecule has 0 aromatic carbocycles. The van der Waals surface area contributed by atoms with E-state index in [2.05, 4.69) is 15.6 Å². The van der Waals surface area contributed by atoms with Gasteiger partial charge in [-0.1, -0.05) is 23.2 Å². The van der Waals surface area contributed by atoms with Crippen LogP contribution in [0.3, 0.4) is 0 Å². The summed E-state index contributed by atoms with van der Waals surface area (Å²) in [5.74, 6) is 1.01. The molecule has 1 heterocycles. The molecule has 0 radical (unpaired) electrons. The fourth-order valence-electron chi connectivity index (χ4n) is 1.73. The molecule has 0 saturated heterocycles. The zero-order valence-corrected chi connectivity index (χ0v) is 13.6. The van der Waals surface area contributed by atoms with Crippen LogP contribution in [0.15, 0.2) is 6.07 Å². The van der Waals surface area contributed by atoms with Gasteiger partial charge >= 0.3 is 0 Å². The van der Waals surface area contributed by atoms with Gasteiger partial charge in [0.2, 0.25) is 5.91 Å². The summed E-state index contributed by atoms with van der Waals surface area (Å²) < 4.78 is 0. The van der Waals surface area contributed by atoms with Gasteiger partial charge in [-0.3, -0.25) is 4.79 Å². The van der Waals surface area contributed by atoms with Crippen LogP contribution in [0.25, 0.3) is 0 Å². The first-order valence-corrected chi connectivity index (χ1v) is 7.22. The van der Waals surface area contributed by atoms with E-state index in [1.807, 2.05) is 20.8 Å². The van der Waals surface area contributed by atoms with Gasteiger partial charge in [-0.15, -0.1) is 0 Å². The Kier molecular flexibility index (Phi) is 6.36. The summed E-state index contributed by atoms with van der Waals surface area (Å²) in [6.07, 6.45) is 0. The van der Waals surface area contributed by atoms with Gasteiger partial charge in [-0.05, 0) is 26.8 Å². The maximum absolute atomic E-state index is 11.9. The molecule has 0 spiro atoms. The van der Waals surface area contributed by atoms with Crippen LogP contribution >= 0.6 is 23.2 Å². The summed E-state index contributed by atoms with van der Waals surface area (Å²) in [7, 11) is 1.73. The first-order valence-electron chi connectivity index (χ1n) is 6.47. The second-order valence-electron chi connectivity index (χ2n) is 4.61. The second-order valence-corrected chi connectivity index (χ2v) is 5.43. The van der Waals surface area contributed by atoms with Crippen molar-refractivity contribution >= 4 is 40.7 Å². The molecule has 1 amide bonds. The van der Waals surface area contributed by atoms with Crippen molar-refractivity contribution < 1.29 is 4.79 Å². The highest BCUT2D eigenvalue weighted by Crippen LogP contribution is 2.31. The Morgan fingerprint density at radius 3 is 2.55 bits per heavy atom. The number of nitrogens with zero attached hydrogens (tertiary/aromatic N) is 2. The number of rotatable bonds is 6. The standard InChI is InChI=1S/C13H20Cl2N4O/c1-5-19(7-11(20)17-8(2)3)13-10(15)6-9(14)12(16-4)18-13/h6,8H,5,7H2,1-4H3,(H,16,18)(H,17,20). The highest BCUT2D eigenvalue weighted by atomic mass is 35.5. The molecule has 0 unspecified atom stereocenters. The number of aromatic nitrogens is 1. The monoisotopic (exact) mass is 318 g/mol. The molecule has 0 atom stereocenters. The predicted octanol–water partition coefficient (Wildman–Crippen LogP) is 2.78. The van der Waals surface area contributed by atoms with E-state index in [-0.39, 0.29) is 18.5 Å². The van der Waals surface area contributed by atoms with Crippen molar-refractivity contribution in [2.75, 3.05) is 30.4 Å². The lowest BCUT2D eigenvalue weighted by molar-refractivity contribution is -0.120. The van der Waals surface area contributed by atoms with E-state index >= 15 is 0 Å². The van der Waals surface area contributed by atoms with Gasteiger partial charge in [0.05, 0.1) is 16.6 Å². The summed E-state index contributed by atoms with van der Waals surface area (Å²) in [5.41, 5.74) is 0. The van der Waals surface area contributed by atoms with Gasteiger partial charge in [-0.25, -0.2) is 4.98 Å². The Morgan fingerprint density at radius 1 is 1.40 bits per heavy atom. The van der Waals surface area contributed by atoms with Crippen LogP contribution in [0.2, 0.25) is 10.0 Å². The summed E-state index contributed by atoms with van der Waals surface area (Å²) in [6, 6.07) is 1.73. The third-order valence-electron chi connectivity index (χ3n) is 2.61. The van der Waals surface area contributed by atoms with Crippen LogP contribution in [0.1, 0.15) is 20.8 Å². The number of carbonyl (C=O) groups excluding carboxylic acids is 1. The zero-order chi connectivity index (χ0) is 15.3. The average Bonchev–Trinajstić information content (AvgIpc) is 2.35. The minimum absolute atomic E-state index is 0.0688. The van der Waals surface area contributed by atoms with Crippen LogP contribution < -0.4 is 15.5 Å². The minimum Gasteiger partial charge on any atom is -0.372 e. The molecular formula is C13H20Cl2N4O. The van der Waals surface area contributed by atoms with E-state index in [1.54, 1.807) is 18.0 Å². The molecule has 20 heavy (non-hydrogen) atoms. The van der Waals surface area contributed by atoms with Gasteiger partial charge < -0.3 is 15.5 Å². The molecule has 0 aliphatic carbocycles. The minimum atomic E-state index is -0.0688. The summed E-state index contributed by atoms with van der Waals surface area (Å²) >= 11 is 12.2. The maximum atomic E-state index is 11.9. The van der Waals surface area contributed by atoms with Gasteiger partial charge in [0.25, 0.3) is 0 Å². The number of carbonyl (C=O) groups is 1. The molecule has 2 N–H and O–H groups in total. The normalized spacial score (nSPS) is 10.6. The van der Waals surface area contributed by atoms with Crippen molar-refractivity contribution in [3.8, 4) is 0 Å². The summed E-state index contributed by atoms with van der Waals surface area (Å²) in [5, 5.41) is 6.61. The quantitative estimate of drug-likeness (QED) is 0.846. The van der Waals surface area contributed by atoms with Crippen molar-refractivity contribution in [1.29, 1.82) is 0 Å². The number of pyridine rings is 1. The van der Waals surface area contributed by atoms with Crippen molar-refractivity contribution in [3.05, 3.63) is 16.1 Å². The molecule has 1 aromatic heterocycles. The molecule has 7 heteroatoms. The lowest BCUT2D eigenvalue weighted by Gasteiger charge is -2.23. The molecule has 0 bridgehead atoms. The molecular weight excluding hydrogens is 299 g/mol. The Labute approximate surface area is 129 Å². The third kappa shape index (κ3) is 4.42. The van der Waals surface area contributed by atoms with Crippen molar-refractivity contribution in [2.45, 2.75) is 26.8 Å². The lowest BCUT2D eigenvalue weighted by Crippen LogP contribution is -2.40. The molecule has 0 aliphatic rings. The highest BCUT2D eigenvalue weighted by molar-refractivity contribution is 6.37. The SMILES string of the molecule is CCN(CC(=O)NC(C)C)c1nc(NC)c(Cl)cc1Cl. The Morgan fingerprint density at radius 2 is 2.05 bits per heavy atom. The molecule has 5 nitrogen and oxygen atoms in total. The van der Waals surface area contributed by atoms with E-state index in [1.165, 1.54) is 0 Å². The van der Waals surface area contributed by atoms with Crippen LogP contribution in [-0.4, -0.2) is 37.1 Å². The van der Waals surface area contributed by atoms with Crippen molar-refractivity contribution in [2.24, 2.45) is 0 Å². The van der Waals surface area contributed by atoms with E-state index in [4.69, 9.17) is 23.2 Å². The average molecular weight is 319 g/mol. The number of likely N-dealkylation sites (N-methyl/N-ethyl adjacent to an activating group) is 1. The van der Waals surface area contributed by atoms with E-state index in [0.717, 1.165) is 0 Å². The van der Waals surface area contributed by atoms with Crippen molar-refractivity contribution in [3.63, 3.8) is 0 Å². The smallest absolute Gasteiger partial charge is 0.239 e. The Hall–Kier alpha value is -1.20. The van der Waals surface area contributed by atoms with Gasteiger partial charge in [0.1, 0.15) is 11.6 Å². The highest BCUT2D eigenvalue weighted by Gasteiger charge is 2.17. The van der Waals surface area contributed by atoms with Gasteiger partial charge in [-0.2, -0.15) is 0 Å². The number of hydrogen-bond acceptors (Lipinski definition) is 4. The van der Waals surface area contributed by atoms with Crippen molar-refractivity contribution in [1.82, 2.24) is 10.3 Å². The zero-order valence-electron chi connectivity index (χ0n) is 12.1. The third-order valence-corrected chi connectivity index (χ3v) is 3.18. The predicted molar refractivity (Wildman–Crippen MR) is 85.0 cm³/mol. The second kappa shape index (κ2) is 7.55. The first kappa shape index (κ1) is 16.9. The number of hydrogen-bond donors (Lipinski definition) is 2. The number of amides is 1. The number of anilines is 2. The van der Waals surface area contributed by atoms with Crippen LogP contribution in [0.4, 0.5) is 11.6 Å². The molecule has 0 saturated carbocycles. The summed E-state index contributed by atoms with van der Waals surface area (Å²) in [4.78, 5) is 18.0.